The van der Waals surface area contributed by atoms with Gasteiger partial charge < -0.3 is 5.73 Å². The fraction of sp³-hybridized carbons (Fsp3) is 0.400. The molecule has 0 aromatic carbocycles. The van der Waals surface area contributed by atoms with Gasteiger partial charge in [-0.2, -0.15) is 0 Å². The summed E-state index contributed by atoms with van der Waals surface area (Å²) in [5.41, 5.74) is 8.95. The Morgan fingerprint density at radius 1 is 1.43 bits per heavy atom. The van der Waals surface area contributed by atoms with Crippen molar-refractivity contribution >= 4 is 5.78 Å². The van der Waals surface area contributed by atoms with Crippen molar-refractivity contribution in [2.45, 2.75) is 26.8 Å². The molecule has 1 unspecified atom stereocenters. The van der Waals surface area contributed by atoms with Crippen LogP contribution in [-0.2, 0) is 0 Å². The molecule has 2 heterocycles. The quantitative estimate of drug-likeness (QED) is 0.738. The first-order valence-electron chi connectivity index (χ1n) is 4.67. The molecule has 74 valence electrons. The van der Waals surface area contributed by atoms with Gasteiger partial charge in [0.05, 0.1) is 11.9 Å². The lowest BCUT2D eigenvalue weighted by Gasteiger charge is -2.07. The molecule has 2 aromatic rings. The van der Waals surface area contributed by atoms with Crippen LogP contribution in [0, 0.1) is 13.8 Å². The van der Waals surface area contributed by atoms with Gasteiger partial charge in [0.1, 0.15) is 0 Å². The van der Waals surface area contributed by atoms with Crippen LogP contribution in [0.5, 0.6) is 0 Å². The maximum absolute atomic E-state index is 5.84. The van der Waals surface area contributed by atoms with Gasteiger partial charge in [0.15, 0.2) is 0 Å². The van der Waals surface area contributed by atoms with Crippen LogP contribution in [0.3, 0.4) is 0 Å². The molecule has 2 rings (SSSR count). The zero-order chi connectivity index (χ0) is 10.3. The summed E-state index contributed by atoms with van der Waals surface area (Å²) in [6.07, 6.45) is 1.79. The number of rotatable bonds is 1. The van der Waals surface area contributed by atoms with Gasteiger partial charge >= 0.3 is 0 Å². The number of aromatic nitrogens is 3. The molecule has 14 heavy (non-hydrogen) atoms. The smallest absolute Gasteiger partial charge is 0.234 e. The highest BCUT2D eigenvalue weighted by atomic mass is 15.1. The highest BCUT2D eigenvalue weighted by molar-refractivity contribution is 5.36. The SMILES string of the molecule is Cc1cc(C)n2c(C(C)N)cnc2n1. The number of nitrogens with two attached hydrogens (primary N) is 1. The molecule has 0 amide bonds. The van der Waals surface area contributed by atoms with E-state index in [-0.39, 0.29) is 6.04 Å². The Balaban J connectivity index is 2.79. The molecule has 4 heteroatoms. The monoisotopic (exact) mass is 190 g/mol. The van der Waals surface area contributed by atoms with Gasteiger partial charge in [-0.1, -0.05) is 0 Å². The van der Waals surface area contributed by atoms with Gasteiger partial charge in [-0.15, -0.1) is 0 Å². The zero-order valence-electron chi connectivity index (χ0n) is 8.65. The lowest BCUT2D eigenvalue weighted by atomic mass is 10.2. The summed E-state index contributed by atoms with van der Waals surface area (Å²) in [4.78, 5) is 8.57. The van der Waals surface area contributed by atoms with E-state index in [1.165, 1.54) is 0 Å². The average molecular weight is 190 g/mol. The molecule has 0 spiro atoms. The van der Waals surface area contributed by atoms with Gasteiger partial charge in [0.25, 0.3) is 0 Å². The van der Waals surface area contributed by atoms with Crippen LogP contribution in [0.4, 0.5) is 0 Å². The van der Waals surface area contributed by atoms with Crippen molar-refractivity contribution < 1.29 is 0 Å². The summed E-state index contributed by atoms with van der Waals surface area (Å²) < 4.78 is 2.00. The molecule has 0 aliphatic rings. The van der Waals surface area contributed by atoms with Crippen LogP contribution < -0.4 is 5.73 Å². The van der Waals surface area contributed by atoms with E-state index >= 15 is 0 Å². The Morgan fingerprint density at radius 3 is 2.79 bits per heavy atom. The van der Waals surface area contributed by atoms with E-state index in [0.29, 0.717) is 0 Å². The minimum absolute atomic E-state index is 0.0202. The maximum atomic E-state index is 5.84. The van der Waals surface area contributed by atoms with Gasteiger partial charge in [-0.05, 0) is 26.8 Å². The number of fused-ring (bicyclic) bond motifs is 1. The molecule has 0 bridgehead atoms. The highest BCUT2D eigenvalue weighted by Crippen LogP contribution is 2.14. The Kier molecular flexibility index (Phi) is 2.00. The van der Waals surface area contributed by atoms with E-state index in [1.807, 2.05) is 31.2 Å². The third-order valence-electron chi connectivity index (χ3n) is 2.28. The summed E-state index contributed by atoms with van der Waals surface area (Å²) in [6.45, 7) is 5.95. The van der Waals surface area contributed by atoms with Crippen LogP contribution in [0.1, 0.15) is 30.0 Å². The van der Waals surface area contributed by atoms with Crippen LogP contribution in [0.25, 0.3) is 5.78 Å². The van der Waals surface area contributed by atoms with E-state index in [4.69, 9.17) is 5.73 Å². The Labute approximate surface area is 82.8 Å². The summed E-state index contributed by atoms with van der Waals surface area (Å²) in [7, 11) is 0. The Morgan fingerprint density at radius 2 is 2.14 bits per heavy atom. The highest BCUT2D eigenvalue weighted by Gasteiger charge is 2.10. The van der Waals surface area contributed by atoms with Gasteiger partial charge in [-0.3, -0.25) is 4.40 Å². The molecule has 2 aromatic heterocycles. The molecule has 0 saturated carbocycles. The lowest BCUT2D eigenvalue weighted by Crippen LogP contribution is -2.10. The average Bonchev–Trinajstić information content (AvgIpc) is 2.47. The van der Waals surface area contributed by atoms with Gasteiger partial charge in [0, 0.05) is 17.4 Å². The fourth-order valence-corrected chi connectivity index (χ4v) is 1.67. The summed E-state index contributed by atoms with van der Waals surface area (Å²) in [5, 5.41) is 0. The van der Waals surface area contributed by atoms with E-state index in [2.05, 4.69) is 9.97 Å². The summed E-state index contributed by atoms with van der Waals surface area (Å²) >= 11 is 0. The van der Waals surface area contributed by atoms with Crippen LogP contribution in [0.2, 0.25) is 0 Å². The van der Waals surface area contributed by atoms with Crippen molar-refractivity contribution in [1.82, 2.24) is 14.4 Å². The third-order valence-corrected chi connectivity index (χ3v) is 2.28. The molecule has 0 radical (unpaired) electrons. The zero-order valence-corrected chi connectivity index (χ0v) is 8.65. The largest absolute Gasteiger partial charge is 0.323 e. The van der Waals surface area contributed by atoms with Crippen molar-refractivity contribution in [3.8, 4) is 0 Å². The van der Waals surface area contributed by atoms with Crippen LogP contribution in [0.15, 0.2) is 12.3 Å². The van der Waals surface area contributed by atoms with E-state index in [1.54, 1.807) is 6.20 Å². The number of hydrogen-bond acceptors (Lipinski definition) is 3. The first-order chi connectivity index (χ1) is 6.59. The standard InChI is InChI=1S/C10H14N4/c1-6-4-7(2)14-9(8(3)11)5-12-10(14)13-6/h4-5,8H,11H2,1-3H3. The van der Waals surface area contributed by atoms with Crippen LogP contribution in [-0.4, -0.2) is 14.4 Å². The normalized spacial score (nSPS) is 13.4. The molecule has 0 saturated heterocycles. The first kappa shape index (κ1) is 9.15. The van der Waals surface area contributed by atoms with E-state index < -0.39 is 0 Å². The number of aryl methyl sites for hydroxylation is 2. The summed E-state index contributed by atoms with van der Waals surface area (Å²) in [5.74, 6) is 0.731. The van der Waals surface area contributed by atoms with Gasteiger partial charge in [0.2, 0.25) is 5.78 Å². The number of hydrogen-bond donors (Lipinski definition) is 1. The van der Waals surface area contributed by atoms with Crippen molar-refractivity contribution in [2.75, 3.05) is 0 Å². The Bertz CT molecular complexity index is 470. The molecule has 0 fully saturated rings. The topological polar surface area (TPSA) is 56.2 Å². The minimum atomic E-state index is -0.0202. The predicted molar refractivity (Wildman–Crippen MR) is 55.1 cm³/mol. The second kappa shape index (κ2) is 3.06. The Hall–Kier alpha value is -1.42. The molecule has 4 nitrogen and oxygen atoms in total. The van der Waals surface area contributed by atoms with Crippen LogP contribution >= 0.6 is 0 Å². The second-order valence-electron chi connectivity index (χ2n) is 3.65. The van der Waals surface area contributed by atoms with E-state index in [9.17, 15) is 0 Å². The third kappa shape index (κ3) is 1.28. The van der Waals surface area contributed by atoms with E-state index in [0.717, 1.165) is 22.9 Å². The fourth-order valence-electron chi connectivity index (χ4n) is 1.67. The number of imidazole rings is 1. The maximum Gasteiger partial charge on any atom is 0.234 e. The first-order valence-corrected chi connectivity index (χ1v) is 4.67. The molecular weight excluding hydrogens is 176 g/mol. The van der Waals surface area contributed by atoms with Gasteiger partial charge in [-0.25, -0.2) is 9.97 Å². The predicted octanol–water partition coefficient (Wildman–Crippen LogP) is 1.37. The lowest BCUT2D eigenvalue weighted by molar-refractivity contribution is 0.758. The molecule has 0 aliphatic carbocycles. The van der Waals surface area contributed by atoms with Crippen molar-refractivity contribution in [1.29, 1.82) is 0 Å². The number of nitrogens with zero attached hydrogens (tertiary/aromatic N) is 3. The molecule has 0 aliphatic heterocycles. The molecular formula is C10H14N4. The van der Waals surface area contributed by atoms with Crippen molar-refractivity contribution in [3.63, 3.8) is 0 Å². The van der Waals surface area contributed by atoms with Crippen molar-refractivity contribution in [2.24, 2.45) is 5.73 Å². The summed E-state index contributed by atoms with van der Waals surface area (Å²) in [6, 6.07) is 2.01. The molecule has 2 N–H and O–H groups in total. The van der Waals surface area contributed by atoms with Crippen molar-refractivity contribution in [3.05, 3.63) is 29.3 Å². The molecule has 1 atom stereocenters. The minimum Gasteiger partial charge on any atom is -0.323 e. The second-order valence-corrected chi connectivity index (χ2v) is 3.65.